The second-order valence-corrected chi connectivity index (χ2v) is 18.8. The number of thiophene rings is 2. The van der Waals surface area contributed by atoms with Gasteiger partial charge in [-0.05, 0) is 87.1 Å². The fourth-order valence-electron chi connectivity index (χ4n) is 7.77. The lowest BCUT2D eigenvalue weighted by Crippen LogP contribution is -2.58. The molecule has 3 aromatic heterocycles. The Morgan fingerprint density at radius 2 is 1.78 bits per heavy atom. The molecule has 1 saturated heterocycles. The third kappa shape index (κ3) is 7.85. The zero-order valence-electron chi connectivity index (χ0n) is 29.7. The van der Waals surface area contributed by atoms with Gasteiger partial charge in [-0.1, -0.05) is 31.1 Å². The fourth-order valence-corrected chi connectivity index (χ4v) is 10.5. The van der Waals surface area contributed by atoms with Gasteiger partial charge in [-0.3, -0.25) is 19.1 Å². The van der Waals surface area contributed by atoms with Crippen LogP contribution in [0, 0.1) is 5.92 Å². The van der Waals surface area contributed by atoms with Gasteiger partial charge in [0.2, 0.25) is 27.7 Å². The van der Waals surface area contributed by atoms with Crippen LogP contribution in [0.3, 0.4) is 0 Å². The molecule has 0 radical (unpaired) electrons. The van der Waals surface area contributed by atoms with E-state index in [0.29, 0.717) is 42.6 Å². The van der Waals surface area contributed by atoms with Gasteiger partial charge in [0.1, 0.15) is 45.9 Å². The molecule has 0 aromatic carbocycles. The van der Waals surface area contributed by atoms with E-state index in [4.69, 9.17) is 19.4 Å². The summed E-state index contributed by atoms with van der Waals surface area (Å²) >= 11 is 2.91. The van der Waals surface area contributed by atoms with Gasteiger partial charge in [0.15, 0.2) is 0 Å². The van der Waals surface area contributed by atoms with Crippen LogP contribution in [0.1, 0.15) is 83.5 Å². The number of carbonyl (C=O) groups excluding carboxylic acids is 4. The van der Waals surface area contributed by atoms with Crippen molar-refractivity contribution in [1.82, 2.24) is 30.2 Å². The Hall–Kier alpha value is -4.09. The van der Waals surface area contributed by atoms with Crippen molar-refractivity contribution in [2.75, 3.05) is 6.54 Å². The minimum Gasteiger partial charge on any atom is -0.471 e. The number of rotatable bonds is 8. The van der Waals surface area contributed by atoms with E-state index in [9.17, 15) is 27.6 Å². The van der Waals surface area contributed by atoms with E-state index in [2.05, 4.69) is 15.4 Å². The highest BCUT2D eigenvalue weighted by Crippen LogP contribution is 2.46. The number of hydrogen-bond donors (Lipinski definition) is 3. The van der Waals surface area contributed by atoms with E-state index in [1.54, 1.807) is 0 Å². The Balaban J connectivity index is 1.09. The monoisotopic (exact) mass is 796 g/mol. The number of carbonyl (C=O) groups is 4. The van der Waals surface area contributed by atoms with Crippen molar-refractivity contribution < 1.29 is 37.1 Å². The number of aromatic nitrogens is 2. The Kier molecular flexibility index (Phi) is 10.4. The summed E-state index contributed by atoms with van der Waals surface area (Å²) in [7, 11) is -3.88. The quantitative estimate of drug-likeness (QED) is 0.267. The standard InChI is InChI=1S/C37H44N6O8S3/c44-31-28-19-24(50-32-30(29-13-8-17-52-29)38-26-16-18-53-33(26)40-32)21-43(28)34(45)27(39-36(47)51-23-10-6-7-11-23)12-5-3-1-2-4-9-22-20-37(22,41-31)35(46)42-54(48,49)25-14-15-25/h4,8-9,13,16-18,22-25,27-28H,1-3,5-7,10-12,14-15,19-21H2,(H,39,47)(H,41,44)(H,42,46)/b9-4-/t22-,24-,27+,28+,37-/m1/s1. The first-order valence-corrected chi connectivity index (χ1v) is 22.2. The Labute approximate surface area is 321 Å². The predicted molar refractivity (Wildman–Crippen MR) is 202 cm³/mol. The molecule has 4 fully saturated rings. The number of ether oxygens (including phenoxy) is 2. The highest BCUT2D eigenvalue weighted by molar-refractivity contribution is 7.91. The van der Waals surface area contributed by atoms with Crippen molar-refractivity contribution in [1.29, 1.82) is 0 Å². The van der Waals surface area contributed by atoms with Gasteiger partial charge in [-0.25, -0.2) is 18.2 Å². The lowest BCUT2D eigenvalue weighted by molar-refractivity contribution is -0.141. The van der Waals surface area contributed by atoms with Crippen molar-refractivity contribution in [2.45, 2.75) is 119 Å². The van der Waals surface area contributed by atoms with Gasteiger partial charge in [0, 0.05) is 12.3 Å². The van der Waals surface area contributed by atoms with Crippen molar-refractivity contribution in [2.24, 2.45) is 5.92 Å². The summed E-state index contributed by atoms with van der Waals surface area (Å²) in [5.41, 5.74) is -0.220. The van der Waals surface area contributed by atoms with E-state index in [1.165, 1.54) is 27.6 Å². The van der Waals surface area contributed by atoms with Crippen molar-refractivity contribution in [3.05, 3.63) is 41.1 Å². The van der Waals surface area contributed by atoms with Crippen LogP contribution in [-0.2, 0) is 29.1 Å². The molecule has 5 heterocycles. The van der Waals surface area contributed by atoms with Gasteiger partial charge in [-0.15, -0.1) is 22.7 Å². The second kappa shape index (κ2) is 15.2. The molecule has 4 amide bonds. The molecule has 2 aliphatic heterocycles. The predicted octanol–water partition coefficient (Wildman–Crippen LogP) is 4.81. The average molecular weight is 797 g/mol. The number of allylic oxidation sites excluding steroid dienone is 1. The van der Waals surface area contributed by atoms with Gasteiger partial charge in [0.25, 0.3) is 5.91 Å². The zero-order valence-corrected chi connectivity index (χ0v) is 32.2. The highest BCUT2D eigenvalue weighted by atomic mass is 32.2. The molecule has 8 rings (SSSR count). The number of amides is 4. The maximum Gasteiger partial charge on any atom is 0.408 e. The first-order chi connectivity index (χ1) is 26.1. The lowest BCUT2D eigenvalue weighted by atomic mass is 10.0. The van der Waals surface area contributed by atoms with E-state index in [1.807, 2.05) is 41.1 Å². The molecule has 288 valence electrons. The van der Waals surface area contributed by atoms with Crippen LogP contribution >= 0.6 is 22.7 Å². The third-order valence-corrected chi connectivity index (χ3v) is 14.5. The summed E-state index contributed by atoms with van der Waals surface area (Å²) in [6.07, 6.45) is 10.3. The maximum absolute atomic E-state index is 14.6. The zero-order chi connectivity index (χ0) is 37.5. The smallest absolute Gasteiger partial charge is 0.408 e. The number of hydrogen-bond acceptors (Lipinski definition) is 12. The van der Waals surface area contributed by atoms with Crippen LogP contribution < -0.4 is 20.1 Å². The average Bonchev–Trinajstić information content (AvgIpc) is 3.71. The third-order valence-electron chi connectivity index (χ3n) is 11.0. The summed E-state index contributed by atoms with van der Waals surface area (Å²) < 4.78 is 40.2. The topological polar surface area (TPSA) is 186 Å². The van der Waals surface area contributed by atoms with Crippen LogP contribution in [0.25, 0.3) is 20.9 Å². The lowest BCUT2D eigenvalue weighted by Gasteiger charge is -2.30. The van der Waals surface area contributed by atoms with Crippen LogP contribution in [-0.4, -0.2) is 88.7 Å². The molecule has 3 aromatic rings. The van der Waals surface area contributed by atoms with Gasteiger partial charge < -0.3 is 25.0 Å². The molecule has 5 aliphatic rings. The molecule has 3 saturated carbocycles. The molecule has 54 heavy (non-hydrogen) atoms. The molecule has 3 N–H and O–H groups in total. The van der Waals surface area contributed by atoms with E-state index >= 15 is 0 Å². The molecule has 17 heteroatoms. The summed E-state index contributed by atoms with van der Waals surface area (Å²) in [5.74, 6) is -1.99. The second-order valence-electron chi connectivity index (χ2n) is 15.0. The Morgan fingerprint density at radius 1 is 0.963 bits per heavy atom. The van der Waals surface area contributed by atoms with Crippen LogP contribution in [0.2, 0.25) is 0 Å². The normalized spacial score (nSPS) is 28.6. The summed E-state index contributed by atoms with van der Waals surface area (Å²) in [4.78, 5) is 68.5. The largest absolute Gasteiger partial charge is 0.471 e. The van der Waals surface area contributed by atoms with Crippen LogP contribution in [0.15, 0.2) is 41.1 Å². The first-order valence-electron chi connectivity index (χ1n) is 18.9. The Bertz CT molecular complexity index is 2040. The van der Waals surface area contributed by atoms with Crippen molar-refractivity contribution in [3.63, 3.8) is 0 Å². The maximum atomic E-state index is 14.6. The molecule has 0 bridgehead atoms. The summed E-state index contributed by atoms with van der Waals surface area (Å²) in [6.45, 7) is -0.000597. The SMILES string of the molecule is O=C(N[C@H]1CCCCC/C=C\[C@@H]2C[C@@]2(C(=O)NS(=O)(=O)C2CC2)NC(=O)[C@@H]2C[C@@H](Oc3nc4sccc4nc3-c3cccs3)CN2C1=O)OC1CCCC1. The fraction of sp³-hybridized carbons (Fsp3) is 0.568. The molecular formula is C37H44N6O8S3. The minimum absolute atomic E-state index is 0.000597. The number of sulfonamides is 1. The number of nitrogens with one attached hydrogen (secondary N) is 3. The van der Waals surface area contributed by atoms with Crippen LogP contribution in [0.5, 0.6) is 5.88 Å². The number of nitrogens with zero attached hydrogens (tertiary/aromatic N) is 3. The summed E-state index contributed by atoms with van der Waals surface area (Å²) in [6, 6.07) is 3.65. The number of fused-ring (bicyclic) bond motifs is 3. The summed E-state index contributed by atoms with van der Waals surface area (Å²) in [5, 5.41) is 8.93. The first kappa shape index (κ1) is 36.9. The highest BCUT2D eigenvalue weighted by Gasteiger charge is 2.62. The van der Waals surface area contributed by atoms with Crippen LogP contribution in [0.4, 0.5) is 4.79 Å². The Morgan fingerprint density at radius 3 is 2.56 bits per heavy atom. The van der Waals surface area contributed by atoms with Gasteiger partial charge in [0.05, 0.1) is 16.7 Å². The van der Waals surface area contributed by atoms with Gasteiger partial charge >= 0.3 is 6.09 Å². The van der Waals surface area contributed by atoms with E-state index in [0.717, 1.165) is 48.9 Å². The minimum atomic E-state index is -3.88. The van der Waals surface area contributed by atoms with Crippen molar-refractivity contribution >= 4 is 66.9 Å². The molecular weight excluding hydrogens is 753 g/mol. The molecule has 14 nitrogen and oxygen atoms in total. The van der Waals surface area contributed by atoms with Crippen molar-refractivity contribution in [3.8, 4) is 16.5 Å². The van der Waals surface area contributed by atoms with E-state index < -0.39 is 68.7 Å². The van der Waals surface area contributed by atoms with Gasteiger partial charge in [-0.2, -0.15) is 4.98 Å². The molecule has 0 unspecified atom stereocenters. The van der Waals surface area contributed by atoms with E-state index in [-0.39, 0.29) is 31.4 Å². The molecule has 0 spiro atoms. The molecule has 5 atom stereocenters. The number of alkyl carbamates (subject to hydrolysis) is 1. The molecule has 3 aliphatic carbocycles.